The fourth-order valence-corrected chi connectivity index (χ4v) is 0.748. The Kier molecular flexibility index (Phi) is 2.42. The average Bonchev–Trinajstić information content (AvgIpc) is 1.96. The third-order valence-electron chi connectivity index (χ3n) is 1.30. The Hall–Kier alpha value is -1.40. The van der Waals surface area contributed by atoms with Crippen LogP contribution in [0.4, 0.5) is 11.4 Å². The summed E-state index contributed by atoms with van der Waals surface area (Å²) >= 11 is 0. The van der Waals surface area contributed by atoms with E-state index in [2.05, 4.69) is 4.65 Å². The lowest BCUT2D eigenvalue weighted by atomic mass is 10.2. The summed E-state index contributed by atoms with van der Waals surface area (Å²) in [6.45, 7) is 0. The minimum atomic E-state index is -1.84. The zero-order chi connectivity index (χ0) is 9.14. The molecule has 0 saturated carbocycles. The molecule has 12 heavy (non-hydrogen) atoms. The van der Waals surface area contributed by atoms with Crippen LogP contribution in [0.2, 0.25) is 0 Å². The van der Waals surface area contributed by atoms with Gasteiger partial charge in [-0.1, -0.05) is 0 Å². The van der Waals surface area contributed by atoms with Crippen LogP contribution in [-0.4, -0.2) is 17.4 Å². The van der Waals surface area contributed by atoms with Gasteiger partial charge in [-0.25, -0.2) is 0 Å². The molecule has 0 spiro atoms. The van der Waals surface area contributed by atoms with E-state index in [4.69, 9.17) is 21.5 Å². The third kappa shape index (κ3) is 2.04. The van der Waals surface area contributed by atoms with Gasteiger partial charge >= 0.3 is 7.32 Å². The lowest BCUT2D eigenvalue weighted by Crippen LogP contribution is -2.20. The first-order valence-corrected chi connectivity index (χ1v) is 3.27. The standard InChI is InChI=1S/C6H9BN2O3/c8-5-2-1-4(3-6(5)9)12-7(10)11/h1-3,10-11H,8-9H2. The molecule has 6 heteroatoms. The minimum absolute atomic E-state index is 0.261. The highest BCUT2D eigenvalue weighted by molar-refractivity contribution is 6.33. The SMILES string of the molecule is Nc1ccc(OB(O)O)cc1N. The molecule has 1 aromatic carbocycles. The fourth-order valence-electron chi connectivity index (χ4n) is 0.748. The monoisotopic (exact) mass is 168 g/mol. The second-order valence-corrected chi connectivity index (χ2v) is 2.23. The van der Waals surface area contributed by atoms with E-state index < -0.39 is 7.32 Å². The zero-order valence-electron chi connectivity index (χ0n) is 6.27. The molecule has 0 aliphatic heterocycles. The molecule has 1 rings (SSSR count). The van der Waals surface area contributed by atoms with Crippen molar-refractivity contribution in [2.45, 2.75) is 0 Å². The molecular formula is C6H9BN2O3. The Bertz CT molecular complexity index is 279. The van der Waals surface area contributed by atoms with Gasteiger partial charge in [0.15, 0.2) is 0 Å². The maximum atomic E-state index is 8.43. The molecule has 0 heterocycles. The van der Waals surface area contributed by atoms with Gasteiger partial charge in [0.2, 0.25) is 0 Å². The van der Waals surface area contributed by atoms with Crippen LogP contribution in [0.15, 0.2) is 18.2 Å². The van der Waals surface area contributed by atoms with Crippen molar-refractivity contribution in [2.24, 2.45) is 0 Å². The van der Waals surface area contributed by atoms with E-state index in [0.717, 1.165) is 0 Å². The summed E-state index contributed by atoms with van der Waals surface area (Å²) in [5.41, 5.74) is 11.6. The number of hydrogen-bond donors (Lipinski definition) is 4. The van der Waals surface area contributed by atoms with Gasteiger partial charge in [-0.05, 0) is 12.1 Å². The summed E-state index contributed by atoms with van der Waals surface area (Å²) in [5.74, 6) is 0.261. The zero-order valence-corrected chi connectivity index (χ0v) is 6.27. The van der Waals surface area contributed by atoms with Crippen LogP contribution in [0.1, 0.15) is 0 Å². The number of nitrogens with two attached hydrogens (primary N) is 2. The predicted octanol–water partition coefficient (Wildman–Crippen LogP) is -0.801. The van der Waals surface area contributed by atoms with Crippen LogP contribution in [0.5, 0.6) is 5.75 Å². The largest absolute Gasteiger partial charge is 0.707 e. The van der Waals surface area contributed by atoms with E-state index in [0.29, 0.717) is 11.4 Å². The first-order chi connectivity index (χ1) is 5.59. The van der Waals surface area contributed by atoms with Crippen molar-refractivity contribution in [1.29, 1.82) is 0 Å². The van der Waals surface area contributed by atoms with Crippen molar-refractivity contribution in [3.63, 3.8) is 0 Å². The van der Waals surface area contributed by atoms with E-state index in [9.17, 15) is 0 Å². The van der Waals surface area contributed by atoms with Gasteiger partial charge in [0.05, 0.1) is 11.4 Å². The van der Waals surface area contributed by atoms with Crippen LogP contribution < -0.4 is 16.1 Å². The van der Waals surface area contributed by atoms with Gasteiger partial charge < -0.3 is 26.2 Å². The van der Waals surface area contributed by atoms with Crippen LogP contribution in [0, 0.1) is 0 Å². The lowest BCUT2D eigenvalue weighted by molar-refractivity contribution is 0.288. The van der Waals surface area contributed by atoms with Gasteiger partial charge in [-0.2, -0.15) is 0 Å². The normalized spacial score (nSPS) is 9.50. The summed E-state index contributed by atoms with van der Waals surface area (Å²) in [4.78, 5) is 0. The number of nitrogen functional groups attached to an aromatic ring is 2. The molecule has 0 aliphatic carbocycles. The Morgan fingerprint density at radius 1 is 1.17 bits per heavy atom. The first-order valence-electron chi connectivity index (χ1n) is 3.27. The third-order valence-corrected chi connectivity index (χ3v) is 1.30. The molecule has 5 nitrogen and oxygen atoms in total. The molecule has 0 aromatic heterocycles. The summed E-state index contributed by atoms with van der Waals surface area (Å²) in [7, 11) is -1.84. The summed E-state index contributed by atoms with van der Waals surface area (Å²) < 4.78 is 4.53. The van der Waals surface area contributed by atoms with Crippen LogP contribution in [0.3, 0.4) is 0 Å². The molecule has 0 radical (unpaired) electrons. The second-order valence-electron chi connectivity index (χ2n) is 2.23. The quantitative estimate of drug-likeness (QED) is 0.342. The van der Waals surface area contributed by atoms with Gasteiger partial charge in [0.1, 0.15) is 5.75 Å². The van der Waals surface area contributed by atoms with Crippen LogP contribution in [-0.2, 0) is 0 Å². The Morgan fingerprint density at radius 2 is 1.83 bits per heavy atom. The molecule has 0 saturated heterocycles. The summed E-state index contributed by atoms with van der Waals surface area (Å²) in [5, 5.41) is 16.9. The Morgan fingerprint density at radius 3 is 2.33 bits per heavy atom. The van der Waals surface area contributed by atoms with Crippen molar-refractivity contribution in [2.75, 3.05) is 11.5 Å². The molecule has 0 amide bonds. The molecule has 0 atom stereocenters. The van der Waals surface area contributed by atoms with Crippen molar-refractivity contribution in [1.82, 2.24) is 0 Å². The Labute approximate surface area is 69.7 Å². The molecule has 1 aromatic rings. The molecule has 64 valence electrons. The minimum Gasteiger partial charge on any atom is -0.512 e. The Balaban J connectivity index is 2.82. The highest BCUT2D eigenvalue weighted by Crippen LogP contribution is 2.21. The maximum Gasteiger partial charge on any atom is 0.707 e. The smallest absolute Gasteiger partial charge is 0.512 e. The van der Waals surface area contributed by atoms with Crippen molar-refractivity contribution < 1.29 is 14.7 Å². The summed E-state index contributed by atoms with van der Waals surface area (Å²) in [6.07, 6.45) is 0. The van der Waals surface area contributed by atoms with E-state index in [1.165, 1.54) is 18.2 Å². The number of anilines is 2. The van der Waals surface area contributed by atoms with E-state index >= 15 is 0 Å². The lowest BCUT2D eigenvalue weighted by Gasteiger charge is -2.06. The average molecular weight is 168 g/mol. The fraction of sp³-hybridized carbons (Fsp3) is 0. The second kappa shape index (κ2) is 3.33. The summed E-state index contributed by atoms with van der Waals surface area (Å²) in [6, 6.07) is 4.42. The molecule has 0 fully saturated rings. The van der Waals surface area contributed by atoms with E-state index in [1.807, 2.05) is 0 Å². The highest BCUT2D eigenvalue weighted by Gasteiger charge is 2.11. The van der Waals surface area contributed by atoms with Crippen molar-refractivity contribution in [3.05, 3.63) is 18.2 Å². The number of hydrogen-bond acceptors (Lipinski definition) is 5. The molecular weight excluding hydrogens is 159 g/mol. The van der Waals surface area contributed by atoms with Crippen LogP contribution in [0.25, 0.3) is 0 Å². The van der Waals surface area contributed by atoms with E-state index in [-0.39, 0.29) is 5.75 Å². The van der Waals surface area contributed by atoms with Gasteiger partial charge in [0.25, 0.3) is 0 Å². The highest BCUT2D eigenvalue weighted by atomic mass is 16.6. The number of benzene rings is 1. The predicted molar refractivity (Wildman–Crippen MR) is 46.1 cm³/mol. The maximum absolute atomic E-state index is 8.43. The topological polar surface area (TPSA) is 102 Å². The molecule has 0 aliphatic rings. The molecule has 6 N–H and O–H groups in total. The van der Waals surface area contributed by atoms with Gasteiger partial charge in [-0.15, -0.1) is 0 Å². The van der Waals surface area contributed by atoms with Gasteiger partial charge in [0, 0.05) is 6.07 Å². The number of rotatable bonds is 2. The first kappa shape index (κ1) is 8.70. The van der Waals surface area contributed by atoms with Crippen molar-refractivity contribution >= 4 is 18.7 Å². The van der Waals surface area contributed by atoms with Crippen LogP contribution >= 0.6 is 0 Å². The molecule has 0 unspecified atom stereocenters. The van der Waals surface area contributed by atoms with Gasteiger partial charge in [-0.3, -0.25) is 0 Å². The van der Waals surface area contributed by atoms with Crippen molar-refractivity contribution in [3.8, 4) is 5.75 Å². The van der Waals surface area contributed by atoms with E-state index in [1.54, 1.807) is 0 Å². The molecule has 0 bridgehead atoms.